The summed E-state index contributed by atoms with van der Waals surface area (Å²) < 4.78 is 18.3. The third-order valence-corrected chi connectivity index (χ3v) is 5.81. The molecule has 0 N–H and O–H groups in total. The lowest BCUT2D eigenvalue weighted by Crippen LogP contribution is -2.41. The summed E-state index contributed by atoms with van der Waals surface area (Å²) in [7, 11) is -0.279. The number of rotatable bonds is 1. The van der Waals surface area contributed by atoms with Gasteiger partial charge >= 0.3 is 7.12 Å². The number of hydrogen-bond donors (Lipinski definition) is 0. The van der Waals surface area contributed by atoms with Gasteiger partial charge in [-0.3, -0.25) is 0 Å². The molecule has 4 rings (SSSR count). The minimum Gasteiger partial charge on any atom is -0.399 e. The normalized spacial score (nSPS) is 27.7. The van der Waals surface area contributed by atoms with E-state index in [2.05, 4.69) is 45.9 Å². The van der Waals surface area contributed by atoms with Gasteiger partial charge < -0.3 is 14.0 Å². The molecule has 0 aromatic heterocycles. The molecule has 0 atom stereocenters. The second kappa shape index (κ2) is 4.12. The Bertz CT molecular complexity index is 574. The van der Waals surface area contributed by atoms with E-state index >= 15 is 0 Å². The fraction of sp³-hybridized carbons (Fsp3) is 0.647. The number of hydrogen-bond acceptors (Lipinski definition) is 3. The first-order valence-electron chi connectivity index (χ1n) is 7.96. The van der Waals surface area contributed by atoms with E-state index in [0.717, 1.165) is 24.9 Å². The predicted octanol–water partition coefficient (Wildman–Crippen LogP) is 2.90. The van der Waals surface area contributed by atoms with E-state index in [1.165, 1.54) is 17.5 Å². The van der Waals surface area contributed by atoms with Crippen LogP contribution in [0.4, 0.5) is 0 Å². The van der Waals surface area contributed by atoms with Gasteiger partial charge in [0.05, 0.1) is 23.4 Å². The molecule has 0 radical (unpaired) electrons. The molecule has 4 heteroatoms. The van der Waals surface area contributed by atoms with Gasteiger partial charge in [0, 0.05) is 0 Å². The third-order valence-electron chi connectivity index (χ3n) is 5.81. The SMILES string of the molecule is CC1(C)OB(c2ccc3c(c2)COC32CCC2)OC1(C)C. The van der Waals surface area contributed by atoms with Crippen LogP contribution in [-0.2, 0) is 26.3 Å². The van der Waals surface area contributed by atoms with Crippen LogP contribution in [0.3, 0.4) is 0 Å². The zero-order valence-corrected chi connectivity index (χ0v) is 13.4. The molecule has 2 heterocycles. The van der Waals surface area contributed by atoms with Crippen molar-refractivity contribution in [2.24, 2.45) is 0 Å². The van der Waals surface area contributed by atoms with Crippen LogP contribution in [0.1, 0.15) is 58.1 Å². The Morgan fingerprint density at radius 2 is 1.67 bits per heavy atom. The Hall–Kier alpha value is -0.835. The maximum Gasteiger partial charge on any atom is 0.494 e. The first-order chi connectivity index (χ1) is 9.83. The lowest BCUT2D eigenvalue weighted by molar-refractivity contribution is -0.0943. The van der Waals surface area contributed by atoms with Crippen LogP contribution in [0.15, 0.2) is 18.2 Å². The molecule has 0 bridgehead atoms. The Labute approximate surface area is 127 Å². The monoisotopic (exact) mass is 286 g/mol. The third kappa shape index (κ3) is 1.86. The number of benzene rings is 1. The molecule has 2 aliphatic heterocycles. The second-order valence-corrected chi connectivity index (χ2v) is 7.64. The summed E-state index contributed by atoms with van der Waals surface area (Å²) in [5.74, 6) is 0. The minimum atomic E-state index is -0.289. The van der Waals surface area contributed by atoms with Gasteiger partial charge in [-0.25, -0.2) is 0 Å². The Morgan fingerprint density at radius 1 is 1.00 bits per heavy atom. The minimum absolute atomic E-state index is 0.0315. The zero-order valence-electron chi connectivity index (χ0n) is 13.4. The lowest BCUT2D eigenvalue weighted by Gasteiger charge is -2.38. The molecule has 1 aromatic rings. The van der Waals surface area contributed by atoms with E-state index < -0.39 is 0 Å². The lowest BCUT2D eigenvalue weighted by atomic mass is 9.72. The molecule has 1 saturated carbocycles. The Morgan fingerprint density at radius 3 is 2.24 bits per heavy atom. The van der Waals surface area contributed by atoms with Crippen LogP contribution >= 0.6 is 0 Å². The first kappa shape index (κ1) is 13.8. The summed E-state index contributed by atoms with van der Waals surface area (Å²) in [6.45, 7) is 9.09. The molecule has 1 spiro atoms. The summed E-state index contributed by atoms with van der Waals surface area (Å²) in [6.07, 6.45) is 3.60. The summed E-state index contributed by atoms with van der Waals surface area (Å²) in [6, 6.07) is 6.59. The van der Waals surface area contributed by atoms with Crippen molar-refractivity contribution >= 4 is 12.6 Å². The van der Waals surface area contributed by atoms with Crippen LogP contribution < -0.4 is 5.46 Å². The molecule has 1 aliphatic carbocycles. The highest BCUT2D eigenvalue weighted by atomic mass is 16.7. The van der Waals surface area contributed by atoms with Crippen molar-refractivity contribution in [3.8, 4) is 0 Å². The number of fused-ring (bicyclic) bond motifs is 2. The standard InChI is InChI=1S/C17H23BO3/c1-15(2)16(3,4)21-18(20-15)13-6-7-14-12(10-13)11-19-17(14)8-5-9-17/h6-7,10H,5,8-9,11H2,1-4H3. The van der Waals surface area contributed by atoms with Crippen LogP contribution in [0, 0.1) is 0 Å². The molecule has 1 saturated heterocycles. The van der Waals surface area contributed by atoms with Crippen LogP contribution in [0.25, 0.3) is 0 Å². The maximum absolute atomic E-state index is 6.14. The van der Waals surface area contributed by atoms with Crippen LogP contribution in [-0.4, -0.2) is 18.3 Å². The van der Waals surface area contributed by atoms with Crippen molar-refractivity contribution in [1.82, 2.24) is 0 Å². The van der Waals surface area contributed by atoms with Gasteiger partial charge in [0.15, 0.2) is 0 Å². The van der Waals surface area contributed by atoms with Crippen LogP contribution in [0.5, 0.6) is 0 Å². The quantitative estimate of drug-likeness (QED) is 0.743. The Kier molecular flexibility index (Phi) is 2.71. The summed E-state index contributed by atoms with van der Waals surface area (Å²) in [5.41, 5.74) is 3.25. The molecular formula is C17H23BO3. The highest BCUT2D eigenvalue weighted by Crippen LogP contribution is 2.50. The molecule has 21 heavy (non-hydrogen) atoms. The van der Waals surface area contributed by atoms with Gasteiger partial charge in [-0.15, -0.1) is 0 Å². The first-order valence-corrected chi connectivity index (χ1v) is 7.96. The fourth-order valence-electron chi connectivity index (χ4n) is 3.51. The van der Waals surface area contributed by atoms with Gasteiger partial charge in [0.2, 0.25) is 0 Å². The van der Waals surface area contributed by atoms with Crippen molar-refractivity contribution in [3.63, 3.8) is 0 Å². The predicted molar refractivity (Wildman–Crippen MR) is 82.5 cm³/mol. The van der Waals surface area contributed by atoms with Gasteiger partial charge in [-0.2, -0.15) is 0 Å². The summed E-state index contributed by atoms with van der Waals surface area (Å²) in [5, 5.41) is 0. The highest BCUT2D eigenvalue weighted by molar-refractivity contribution is 6.62. The van der Waals surface area contributed by atoms with Gasteiger partial charge in [-0.05, 0) is 63.5 Å². The average molecular weight is 286 g/mol. The number of ether oxygens (including phenoxy) is 1. The molecule has 0 amide bonds. The average Bonchev–Trinajstić information content (AvgIpc) is 2.84. The Balaban J connectivity index is 1.64. The zero-order chi connectivity index (χ0) is 14.9. The van der Waals surface area contributed by atoms with E-state index in [0.29, 0.717) is 0 Å². The van der Waals surface area contributed by atoms with E-state index in [9.17, 15) is 0 Å². The smallest absolute Gasteiger partial charge is 0.399 e. The van der Waals surface area contributed by atoms with Gasteiger partial charge in [0.1, 0.15) is 0 Å². The highest BCUT2D eigenvalue weighted by Gasteiger charge is 2.52. The van der Waals surface area contributed by atoms with Crippen molar-refractivity contribution < 1.29 is 14.0 Å². The van der Waals surface area contributed by atoms with E-state index in [-0.39, 0.29) is 23.9 Å². The molecule has 0 unspecified atom stereocenters. The fourth-order valence-corrected chi connectivity index (χ4v) is 3.51. The van der Waals surface area contributed by atoms with Gasteiger partial charge in [0.25, 0.3) is 0 Å². The summed E-state index contributed by atoms with van der Waals surface area (Å²) >= 11 is 0. The molecule has 3 nitrogen and oxygen atoms in total. The van der Waals surface area contributed by atoms with Crippen molar-refractivity contribution in [1.29, 1.82) is 0 Å². The molecule has 2 fully saturated rings. The van der Waals surface area contributed by atoms with Crippen molar-refractivity contribution in [2.75, 3.05) is 0 Å². The second-order valence-electron chi connectivity index (χ2n) is 7.64. The molecule has 112 valence electrons. The summed E-state index contributed by atoms with van der Waals surface area (Å²) in [4.78, 5) is 0. The van der Waals surface area contributed by atoms with Crippen molar-refractivity contribution in [3.05, 3.63) is 29.3 Å². The van der Waals surface area contributed by atoms with Crippen LogP contribution in [0.2, 0.25) is 0 Å². The molecule has 1 aromatic carbocycles. The largest absolute Gasteiger partial charge is 0.494 e. The molecule has 3 aliphatic rings. The van der Waals surface area contributed by atoms with Crippen molar-refractivity contribution in [2.45, 2.75) is 70.4 Å². The van der Waals surface area contributed by atoms with Gasteiger partial charge in [-0.1, -0.05) is 18.2 Å². The van der Waals surface area contributed by atoms with E-state index in [1.807, 2.05) is 0 Å². The van der Waals surface area contributed by atoms with E-state index in [4.69, 9.17) is 14.0 Å². The van der Waals surface area contributed by atoms with E-state index in [1.54, 1.807) is 0 Å². The maximum atomic E-state index is 6.14. The topological polar surface area (TPSA) is 27.7 Å². The molecular weight excluding hydrogens is 263 g/mol.